The highest BCUT2D eigenvalue weighted by molar-refractivity contribution is 5.93. The first-order valence-electron chi connectivity index (χ1n) is 4.12. The summed E-state index contributed by atoms with van der Waals surface area (Å²) >= 11 is 0. The summed E-state index contributed by atoms with van der Waals surface area (Å²) < 4.78 is 5.70. The predicted molar refractivity (Wildman–Crippen MR) is 51.3 cm³/mol. The third kappa shape index (κ3) is 1.64. The van der Waals surface area contributed by atoms with Gasteiger partial charge in [-0.3, -0.25) is 4.79 Å². The molecule has 2 heterocycles. The van der Waals surface area contributed by atoms with E-state index in [9.17, 15) is 9.59 Å². The summed E-state index contributed by atoms with van der Waals surface area (Å²) in [7, 11) is 0. The van der Waals surface area contributed by atoms with Crippen molar-refractivity contribution < 1.29 is 9.21 Å². The molecule has 2 N–H and O–H groups in total. The Balaban J connectivity index is 2.47. The number of hydrogen-bond acceptors (Lipinski definition) is 5. The Morgan fingerprint density at radius 3 is 2.87 bits per heavy atom. The van der Waals surface area contributed by atoms with Gasteiger partial charge in [0.2, 0.25) is 0 Å². The molecular formula is C9H7N3O3. The van der Waals surface area contributed by atoms with E-state index in [4.69, 9.17) is 10.2 Å². The second-order valence-corrected chi connectivity index (χ2v) is 2.79. The minimum atomic E-state index is -0.726. The molecule has 0 aliphatic heterocycles. The largest absolute Gasteiger partial charge is 0.459 e. The van der Waals surface area contributed by atoms with Crippen molar-refractivity contribution in [3.63, 3.8) is 0 Å². The Kier molecular flexibility index (Phi) is 2.09. The van der Waals surface area contributed by atoms with E-state index in [-0.39, 0.29) is 11.6 Å². The first-order chi connectivity index (χ1) is 7.18. The predicted octanol–water partition coefficient (Wildman–Crippen LogP) is 0.107. The average molecular weight is 205 g/mol. The van der Waals surface area contributed by atoms with Gasteiger partial charge in [0.1, 0.15) is 5.82 Å². The average Bonchev–Trinajstić information content (AvgIpc) is 2.69. The van der Waals surface area contributed by atoms with Crippen LogP contribution in [0.4, 0.5) is 5.82 Å². The molecule has 0 saturated carbocycles. The van der Waals surface area contributed by atoms with E-state index in [1.165, 1.54) is 24.6 Å². The van der Waals surface area contributed by atoms with Gasteiger partial charge in [-0.2, -0.15) is 4.98 Å². The van der Waals surface area contributed by atoms with Crippen LogP contribution in [-0.4, -0.2) is 15.5 Å². The smallest absolute Gasteiger partial charge is 0.356 e. The Labute approximate surface area is 84.0 Å². The fraction of sp³-hybridized carbons (Fsp3) is 0. The Morgan fingerprint density at radius 1 is 1.47 bits per heavy atom. The number of nitrogens with two attached hydrogens (primary N) is 1. The van der Waals surface area contributed by atoms with Crippen LogP contribution in [0.15, 0.2) is 39.9 Å². The zero-order chi connectivity index (χ0) is 10.8. The fourth-order valence-electron chi connectivity index (χ4n) is 1.09. The van der Waals surface area contributed by atoms with Crippen molar-refractivity contribution in [1.29, 1.82) is 0 Å². The fourth-order valence-corrected chi connectivity index (χ4v) is 1.09. The quantitative estimate of drug-likeness (QED) is 0.713. The summed E-state index contributed by atoms with van der Waals surface area (Å²) in [6, 6.07) is 4.39. The van der Waals surface area contributed by atoms with Crippen LogP contribution in [0.5, 0.6) is 0 Å². The summed E-state index contributed by atoms with van der Waals surface area (Å²) in [5, 5.41) is 0. The lowest BCUT2D eigenvalue weighted by atomic mass is 10.4. The van der Waals surface area contributed by atoms with Gasteiger partial charge in [0, 0.05) is 6.20 Å². The molecule has 0 atom stereocenters. The molecule has 6 heteroatoms. The monoisotopic (exact) mass is 205 g/mol. The second-order valence-electron chi connectivity index (χ2n) is 2.79. The molecule has 76 valence electrons. The lowest BCUT2D eigenvalue weighted by Gasteiger charge is -2.00. The Morgan fingerprint density at radius 2 is 2.27 bits per heavy atom. The molecule has 0 aliphatic carbocycles. The van der Waals surface area contributed by atoms with Crippen molar-refractivity contribution in [1.82, 2.24) is 9.55 Å². The minimum absolute atomic E-state index is 0.0727. The van der Waals surface area contributed by atoms with Crippen molar-refractivity contribution >= 4 is 11.7 Å². The number of hydrogen-bond donors (Lipinski definition) is 1. The van der Waals surface area contributed by atoms with Gasteiger partial charge in [-0.1, -0.05) is 0 Å². The number of carbonyl (C=O) groups excluding carboxylic acids is 1. The van der Waals surface area contributed by atoms with Crippen LogP contribution >= 0.6 is 0 Å². The molecule has 2 aromatic rings. The van der Waals surface area contributed by atoms with Crippen LogP contribution < -0.4 is 11.4 Å². The molecule has 6 nitrogen and oxygen atoms in total. The van der Waals surface area contributed by atoms with Crippen molar-refractivity contribution in [3.05, 3.63) is 46.9 Å². The van der Waals surface area contributed by atoms with E-state index in [0.717, 1.165) is 4.57 Å². The molecule has 0 amide bonds. The summed E-state index contributed by atoms with van der Waals surface area (Å²) in [6.07, 6.45) is 2.61. The van der Waals surface area contributed by atoms with Crippen molar-refractivity contribution in [2.75, 3.05) is 5.73 Å². The van der Waals surface area contributed by atoms with E-state index >= 15 is 0 Å². The number of carbonyl (C=O) groups is 1. The minimum Gasteiger partial charge on any atom is -0.459 e. The zero-order valence-electron chi connectivity index (χ0n) is 7.58. The third-order valence-corrected chi connectivity index (χ3v) is 1.78. The molecular weight excluding hydrogens is 198 g/mol. The maximum Gasteiger partial charge on any atom is 0.356 e. The van der Waals surface area contributed by atoms with Gasteiger partial charge in [0.15, 0.2) is 5.76 Å². The first kappa shape index (κ1) is 9.20. The number of aromatic nitrogens is 2. The normalized spacial score (nSPS) is 10.1. The van der Waals surface area contributed by atoms with Gasteiger partial charge in [-0.25, -0.2) is 9.36 Å². The van der Waals surface area contributed by atoms with Gasteiger partial charge in [-0.05, 0) is 18.2 Å². The standard InChI is InChI=1S/C9H7N3O3/c10-7-3-4-12(9(14)11-7)8(13)6-2-1-5-15-6/h1-5H,(H2,10,11,14). The summed E-state index contributed by atoms with van der Waals surface area (Å²) in [4.78, 5) is 26.3. The maximum absolute atomic E-state index is 11.6. The van der Waals surface area contributed by atoms with Crippen LogP contribution in [-0.2, 0) is 0 Å². The van der Waals surface area contributed by atoms with E-state index < -0.39 is 11.6 Å². The number of furan rings is 1. The molecule has 2 aromatic heterocycles. The van der Waals surface area contributed by atoms with Gasteiger partial charge < -0.3 is 10.2 Å². The molecule has 0 fully saturated rings. The van der Waals surface area contributed by atoms with E-state index in [1.54, 1.807) is 6.07 Å². The molecule has 0 aromatic carbocycles. The molecule has 0 aliphatic rings. The molecule has 0 unspecified atom stereocenters. The maximum atomic E-state index is 11.6. The molecule has 0 radical (unpaired) electrons. The van der Waals surface area contributed by atoms with Gasteiger partial charge in [-0.15, -0.1) is 0 Å². The lowest BCUT2D eigenvalue weighted by molar-refractivity contribution is 0.0926. The van der Waals surface area contributed by atoms with Crippen molar-refractivity contribution in [2.24, 2.45) is 0 Å². The van der Waals surface area contributed by atoms with Crippen molar-refractivity contribution in [2.45, 2.75) is 0 Å². The third-order valence-electron chi connectivity index (χ3n) is 1.78. The summed E-state index contributed by atoms with van der Waals surface area (Å²) in [5.41, 5.74) is 4.56. The zero-order valence-corrected chi connectivity index (χ0v) is 7.58. The Hall–Kier alpha value is -2.37. The summed E-state index contributed by atoms with van der Waals surface area (Å²) in [5.74, 6) is -0.426. The van der Waals surface area contributed by atoms with Crippen LogP contribution in [0, 0.1) is 0 Å². The summed E-state index contributed by atoms with van der Waals surface area (Å²) in [6.45, 7) is 0. The van der Waals surface area contributed by atoms with E-state index in [1.807, 2.05) is 0 Å². The Bertz CT molecular complexity index is 542. The van der Waals surface area contributed by atoms with E-state index in [0.29, 0.717) is 0 Å². The molecule has 15 heavy (non-hydrogen) atoms. The SMILES string of the molecule is Nc1ccn(C(=O)c2ccco2)c(=O)n1. The molecule has 0 saturated heterocycles. The van der Waals surface area contributed by atoms with Gasteiger partial charge >= 0.3 is 11.6 Å². The molecule has 0 bridgehead atoms. The molecule has 0 spiro atoms. The number of rotatable bonds is 1. The van der Waals surface area contributed by atoms with E-state index in [2.05, 4.69) is 4.98 Å². The topological polar surface area (TPSA) is 91.1 Å². The van der Waals surface area contributed by atoms with Crippen LogP contribution in [0.3, 0.4) is 0 Å². The highest BCUT2D eigenvalue weighted by Gasteiger charge is 2.12. The highest BCUT2D eigenvalue weighted by atomic mass is 16.3. The molecule has 2 rings (SSSR count). The number of nitrogens with zero attached hydrogens (tertiary/aromatic N) is 2. The first-order valence-corrected chi connectivity index (χ1v) is 4.12. The number of nitrogen functional groups attached to an aromatic ring is 1. The number of anilines is 1. The van der Waals surface area contributed by atoms with Crippen LogP contribution in [0.25, 0.3) is 0 Å². The van der Waals surface area contributed by atoms with Crippen LogP contribution in [0.1, 0.15) is 10.6 Å². The lowest BCUT2D eigenvalue weighted by Crippen LogP contribution is -2.29. The second kappa shape index (κ2) is 3.41. The highest BCUT2D eigenvalue weighted by Crippen LogP contribution is 2.02. The van der Waals surface area contributed by atoms with Crippen molar-refractivity contribution in [3.8, 4) is 0 Å². The van der Waals surface area contributed by atoms with Crippen LogP contribution in [0.2, 0.25) is 0 Å². The van der Waals surface area contributed by atoms with Gasteiger partial charge in [0.25, 0.3) is 0 Å². The van der Waals surface area contributed by atoms with Gasteiger partial charge in [0.05, 0.1) is 6.26 Å².